The van der Waals surface area contributed by atoms with E-state index in [1.165, 1.54) is 18.2 Å². The van der Waals surface area contributed by atoms with Crippen molar-refractivity contribution in [3.63, 3.8) is 0 Å². The first-order chi connectivity index (χ1) is 9.65. The molecular formula is C17H15FO2. The molecule has 0 spiro atoms. The molecule has 2 unspecified atom stereocenters. The lowest BCUT2D eigenvalue weighted by Gasteiger charge is -2.29. The van der Waals surface area contributed by atoms with E-state index in [4.69, 9.17) is 4.74 Å². The van der Waals surface area contributed by atoms with Crippen LogP contribution < -0.4 is 4.74 Å². The SMILES string of the molecule is CC(c1ccccc1)C1CC(=O)c2ccc(F)cc2O1. The molecule has 0 radical (unpaired) electrons. The fourth-order valence-electron chi connectivity index (χ4n) is 2.57. The Morgan fingerprint density at radius 1 is 1.20 bits per heavy atom. The minimum absolute atomic E-state index is 0.0130. The summed E-state index contributed by atoms with van der Waals surface area (Å²) in [5.74, 6) is 0.0641. The molecular weight excluding hydrogens is 255 g/mol. The maximum Gasteiger partial charge on any atom is 0.170 e. The molecule has 3 heteroatoms. The predicted molar refractivity (Wildman–Crippen MR) is 74.6 cm³/mol. The monoisotopic (exact) mass is 270 g/mol. The summed E-state index contributed by atoms with van der Waals surface area (Å²) in [6.07, 6.45) is 0.0773. The van der Waals surface area contributed by atoms with Crippen LogP contribution in [0, 0.1) is 5.82 Å². The van der Waals surface area contributed by atoms with E-state index in [1.807, 2.05) is 37.3 Å². The highest BCUT2D eigenvalue weighted by atomic mass is 19.1. The van der Waals surface area contributed by atoms with Gasteiger partial charge in [0, 0.05) is 18.4 Å². The van der Waals surface area contributed by atoms with Crippen molar-refractivity contribution in [2.75, 3.05) is 0 Å². The molecule has 0 amide bonds. The zero-order valence-corrected chi connectivity index (χ0v) is 11.2. The standard InChI is InChI=1S/C17H15FO2/c1-11(12-5-3-2-4-6-12)16-10-15(19)14-8-7-13(18)9-17(14)20-16/h2-9,11,16H,10H2,1H3. The van der Waals surface area contributed by atoms with Crippen molar-refractivity contribution in [1.29, 1.82) is 0 Å². The van der Waals surface area contributed by atoms with Crippen LogP contribution in [0.2, 0.25) is 0 Å². The Kier molecular flexibility index (Phi) is 3.26. The molecule has 2 nitrogen and oxygen atoms in total. The Hall–Kier alpha value is -2.16. The molecule has 2 aromatic rings. The summed E-state index contributed by atoms with van der Waals surface area (Å²) in [7, 11) is 0. The van der Waals surface area contributed by atoms with Crippen LogP contribution in [-0.4, -0.2) is 11.9 Å². The number of ketones is 1. The van der Waals surface area contributed by atoms with E-state index in [0.717, 1.165) is 5.56 Å². The Labute approximate surface area is 117 Å². The third-order valence-corrected chi connectivity index (χ3v) is 3.79. The summed E-state index contributed by atoms with van der Waals surface area (Å²) in [5.41, 5.74) is 1.59. The van der Waals surface area contributed by atoms with Gasteiger partial charge in [0.05, 0.1) is 5.56 Å². The Morgan fingerprint density at radius 2 is 1.95 bits per heavy atom. The van der Waals surface area contributed by atoms with Crippen molar-refractivity contribution in [2.45, 2.75) is 25.4 Å². The summed E-state index contributed by atoms with van der Waals surface area (Å²) in [5, 5.41) is 0. The van der Waals surface area contributed by atoms with Crippen LogP contribution in [0.1, 0.15) is 35.2 Å². The van der Waals surface area contributed by atoms with E-state index in [2.05, 4.69) is 0 Å². The first-order valence-electron chi connectivity index (χ1n) is 6.69. The maximum absolute atomic E-state index is 13.3. The van der Waals surface area contributed by atoms with Gasteiger partial charge in [-0.1, -0.05) is 37.3 Å². The van der Waals surface area contributed by atoms with Gasteiger partial charge in [0.1, 0.15) is 17.7 Å². The van der Waals surface area contributed by atoms with Crippen LogP contribution in [-0.2, 0) is 0 Å². The van der Waals surface area contributed by atoms with Crippen LogP contribution in [0.25, 0.3) is 0 Å². The van der Waals surface area contributed by atoms with Gasteiger partial charge in [-0.2, -0.15) is 0 Å². The summed E-state index contributed by atoms with van der Waals surface area (Å²) in [6, 6.07) is 14.0. The topological polar surface area (TPSA) is 26.3 Å². The summed E-state index contributed by atoms with van der Waals surface area (Å²) >= 11 is 0. The van der Waals surface area contributed by atoms with Crippen LogP contribution in [0.15, 0.2) is 48.5 Å². The third-order valence-electron chi connectivity index (χ3n) is 3.79. The van der Waals surface area contributed by atoms with Crippen molar-refractivity contribution in [2.24, 2.45) is 0 Å². The average molecular weight is 270 g/mol. The lowest BCUT2D eigenvalue weighted by atomic mass is 9.89. The fourth-order valence-corrected chi connectivity index (χ4v) is 2.57. The number of rotatable bonds is 2. The molecule has 0 fully saturated rings. The molecule has 2 atom stereocenters. The first-order valence-corrected chi connectivity index (χ1v) is 6.69. The Morgan fingerprint density at radius 3 is 2.70 bits per heavy atom. The number of Topliss-reactive ketones (excluding diaryl/α,β-unsaturated/α-hetero) is 1. The van der Waals surface area contributed by atoms with E-state index >= 15 is 0 Å². The number of fused-ring (bicyclic) bond motifs is 1. The lowest BCUT2D eigenvalue weighted by Crippen LogP contribution is -2.31. The van der Waals surface area contributed by atoms with Crippen LogP contribution in [0.5, 0.6) is 5.75 Å². The van der Waals surface area contributed by atoms with Crippen LogP contribution in [0.3, 0.4) is 0 Å². The second kappa shape index (κ2) is 5.08. The van der Waals surface area contributed by atoms with Gasteiger partial charge in [-0.3, -0.25) is 4.79 Å². The molecule has 102 valence electrons. The molecule has 0 aliphatic carbocycles. The molecule has 1 heterocycles. The zero-order valence-electron chi connectivity index (χ0n) is 11.2. The highest BCUT2D eigenvalue weighted by Crippen LogP contribution is 2.34. The lowest BCUT2D eigenvalue weighted by molar-refractivity contribution is 0.0816. The number of carbonyl (C=O) groups excluding carboxylic acids is 1. The first kappa shape index (κ1) is 12.9. The van der Waals surface area contributed by atoms with Gasteiger partial charge in [-0.15, -0.1) is 0 Å². The number of halogens is 1. The van der Waals surface area contributed by atoms with Gasteiger partial charge >= 0.3 is 0 Å². The smallest absolute Gasteiger partial charge is 0.170 e. The van der Waals surface area contributed by atoms with Gasteiger partial charge in [-0.25, -0.2) is 4.39 Å². The third kappa shape index (κ3) is 2.31. The molecule has 0 saturated carbocycles. The Balaban J connectivity index is 1.89. The summed E-state index contributed by atoms with van der Waals surface area (Å²) in [6.45, 7) is 2.03. The second-order valence-corrected chi connectivity index (χ2v) is 5.12. The van der Waals surface area contributed by atoms with Gasteiger partial charge < -0.3 is 4.74 Å². The number of benzene rings is 2. The van der Waals surface area contributed by atoms with Gasteiger partial charge in [0.25, 0.3) is 0 Å². The van der Waals surface area contributed by atoms with Crippen LogP contribution >= 0.6 is 0 Å². The van der Waals surface area contributed by atoms with Gasteiger partial charge in [0.15, 0.2) is 5.78 Å². The molecule has 2 aromatic carbocycles. The number of hydrogen-bond donors (Lipinski definition) is 0. The largest absolute Gasteiger partial charge is 0.488 e. The van der Waals surface area contributed by atoms with Crippen molar-refractivity contribution >= 4 is 5.78 Å². The van der Waals surface area contributed by atoms with Gasteiger partial charge in [0.2, 0.25) is 0 Å². The molecule has 0 aromatic heterocycles. The predicted octanol–water partition coefficient (Wildman–Crippen LogP) is 3.96. The molecule has 3 rings (SSSR count). The minimum Gasteiger partial charge on any atom is -0.488 e. The highest BCUT2D eigenvalue weighted by Gasteiger charge is 2.31. The van der Waals surface area contributed by atoms with Crippen molar-refractivity contribution in [1.82, 2.24) is 0 Å². The van der Waals surface area contributed by atoms with E-state index < -0.39 is 0 Å². The van der Waals surface area contributed by atoms with Crippen LogP contribution in [0.4, 0.5) is 4.39 Å². The maximum atomic E-state index is 13.3. The van der Waals surface area contributed by atoms with Crippen molar-refractivity contribution in [3.8, 4) is 5.75 Å². The quantitative estimate of drug-likeness (QED) is 0.825. The van der Waals surface area contributed by atoms with Crippen molar-refractivity contribution in [3.05, 3.63) is 65.5 Å². The molecule has 0 saturated heterocycles. The van der Waals surface area contributed by atoms with Gasteiger partial charge in [-0.05, 0) is 17.7 Å². The summed E-state index contributed by atoms with van der Waals surface area (Å²) < 4.78 is 19.1. The number of ether oxygens (including phenoxy) is 1. The van der Waals surface area contributed by atoms with E-state index in [0.29, 0.717) is 17.7 Å². The average Bonchev–Trinajstić information content (AvgIpc) is 2.46. The zero-order chi connectivity index (χ0) is 14.1. The van der Waals surface area contributed by atoms with E-state index in [1.54, 1.807) is 0 Å². The number of hydrogen-bond acceptors (Lipinski definition) is 2. The summed E-state index contributed by atoms with van der Waals surface area (Å²) in [4.78, 5) is 12.1. The normalized spacial score (nSPS) is 19.1. The molecule has 0 bridgehead atoms. The molecule has 1 aliphatic rings. The minimum atomic E-state index is -0.385. The highest BCUT2D eigenvalue weighted by molar-refractivity contribution is 5.99. The fraction of sp³-hybridized carbons (Fsp3) is 0.235. The molecule has 20 heavy (non-hydrogen) atoms. The molecule has 1 aliphatic heterocycles. The second-order valence-electron chi connectivity index (χ2n) is 5.12. The van der Waals surface area contributed by atoms with E-state index in [-0.39, 0.29) is 23.6 Å². The molecule has 0 N–H and O–H groups in total. The van der Waals surface area contributed by atoms with Crippen molar-refractivity contribution < 1.29 is 13.9 Å². The van der Waals surface area contributed by atoms with E-state index in [9.17, 15) is 9.18 Å². The number of carbonyl (C=O) groups is 1. The Bertz CT molecular complexity index is 637.